The Hall–Kier alpha value is -2.64. The van der Waals surface area contributed by atoms with E-state index in [1.54, 1.807) is 43.4 Å². The minimum absolute atomic E-state index is 0.0183. The molecule has 0 radical (unpaired) electrons. The van der Waals surface area contributed by atoms with Gasteiger partial charge in [-0.25, -0.2) is 4.68 Å². The second kappa shape index (κ2) is 8.16. The summed E-state index contributed by atoms with van der Waals surface area (Å²) in [5.74, 6) is 1.26. The fraction of sp³-hybridized carbons (Fsp3) is 0.556. The Morgan fingerprint density at radius 3 is 2.42 bits per heavy atom. The second-order valence-electron chi connectivity index (χ2n) is 6.89. The topological polar surface area (TPSA) is 91.2 Å². The van der Waals surface area contributed by atoms with E-state index >= 15 is 0 Å². The average molecular weight is 359 g/mol. The number of ether oxygens (including phenoxy) is 2. The van der Waals surface area contributed by atoms with Gasteiger partial charge in [0.25, 0.3) is 0 Å². The van der Waals surface area contributed by atoms with Crippen molar-refractivity contribution < 1.29 is 14.3 Å². The van der Waals surface area contributed by atoms with Crippen LogP contribution < -0.4 is 14.8 Å². The summed E-state index contributed by atoms with van der Waals surface area (Å²) in [6, 6.07) is 5.35. The number of aromatic nitrogens is 4. The maximum absolute atomic E-state index is 12.8. The lowest BCUT2D eigenvalue weighted by atomic mass is 9.71. The molecule has 0 bridgehead atoms. The van der Waals surface area contributed by atoms with Crippen molar-refractivity contribution in [2.45, 2.75) is 45.1 Å². The minimum Gasteiger partial charge on any atom is -0.497 e. The number of nitrogens with zero attached hydrogens (tertiary/aromatic N) is 4. The van der Waals surface area contributed by atoms with Crippen molar-refractivity contribution in [3.05, 3.63) is 24.5 Å². The molecule has 1 amide bonds. The normalized spacial score (nSPS) is 16.1. The predicted molar refractivity (Wildman–Crippen MR) is 96.1 cm³/mol. The molecule has 1 aromatic heterocycles. The first kappa shape index (κ1) is 18.2. The summed E-state index contributed by atoms with van der Waals surface area (Å²) in [5.41, 5.74) is 0.556. The van der Waals surface area contributed by atoms with Crippen LogP contribution in [0.1, 0.15) is 38.5 Å². The molecule has 0 unspecified atom stereocenters. The van der Waals surface area contributed by atoms with Crippen LogP contribution in [0, 0.1) is 5.41 Å². The third kappa shape index (κ3) is 4.50. The van der Waals surface area contributed by atoms with Crippen LogP contribution >= 0.6 is 0 Å². The number of carbonyl (C=O) groups excluding carboxylic acids is 1. The molecule has 8 heteroatoms. The smallest absolute Gasteiger partial charge is 0.225 e. The molecule has 0 atom stereocenters. The fourth-order valence-corrected chi connectivity index (χ4v) is 3.71. The van der Waals surface area contributed by atoms with E-state index in [1.807, 2.05) is 0 Å². The molecule has 1 heterocycles. The van der Waals surface area contributed by atoms with Gasteiger partial charge < -0.3 is 14.8 Å². The first-order valence-electron chi connectivity index (χ1n) is 8.86. The highest BCUT2D eigenvalue weighted by molar-refractivity contribution is 5.91. The number of methoxy groups -OCH3 is 2. The lowest BCUT2D eigenvalue weighted by molar-refractivity contribution is -0.119. The van der Waals surface area contributed by atoms with Gasteiger partial charge in [0.2, 0.25) is 5.91 Å². The molecule has 26 heavy (non-hydrogen) atoms. The Balaban J connectivity index is 1.72. The van der Waals surface area contributed by atoms with E-state index in [4.69, 9.17) is 9.47 Å². The van der Waals surface area contributed by atoms with Gasteiger partial charge in [-0.2, -0.15) is 0 Å². The van der Waals surface area contributed by atoms with E-state index in [0.29, 0.717) is 30.2 Å². The van der Waals surface area contributed by atoms with E-state index in [0.717, 1.165) is 25.7 Å². The predicted octanol–water partition coefficient (Wildman–Crippen LogP) is 2.67. The van der Waals surface area contributed by atoms with Crippen LogP contribution in [0.5, 0.6) is 11.5 Å². The highest BCUT2D eigenvalue weighted by atomic mass is 16.5. The number of anilines is 1. The van der Waals surface area contributed by atoms with Gasteiger partial charge in [-0.1, -0.05) is 19.3 Å². The zero-order chi connectivity index (χ0) is 18.4. The molecule has 140 valence electrons. The summed E-state index contributed by atoms with van der Waals surface area (Å²) in [5, 5.41) is 14.4. The zero-order valence-corrected chi connectivity index (χ0v) is 15.3. The fourth-order valence-electron chi connectivity index (χ4n) is 3.71. The molecule has 1 saturated carbocycles. The number of amides is 1. The van der Waals surface area contributed by atoms with E-state index in [9.17, 15) is 4.79 Å². The van der Waals surface area contributed by atoms with E-state index in [2.05, 4.69) is 20.8 Å². The second-order valence-corrected chi connectivity index (χ2v) is 6.89. The number of tetrazole rings is 1. The number of nitrogens with one attached hydrogen (secondary N) is 1. The first-order chi connectivity index (χ1) is 12.6. The van der Waals surface area contributed by atoms with Gasteiger partial charge >= 0.3 is 0 Å². The summed E-state index contributed by atoms with van der Waals surface area (Å²) >= 11 is 0. The number of carbonyl (C=O) groups is 1. The minimum atomic E-state index is -0.110. The largest absolute Gasteiger partial charge is 0.497 e. The van der Waals surface area contributed by atoms with Crippen LogP contribution in [0.15, 0.2) is 24.5 Å². The van der Waals surface area contributed by atoms with Gasteiger partial charge in [0.15, 0.2) is 0 Å². The zero-order valence-electron chi connectivity index (χ0n) is 15.3. The van der Waals surface area contributed by atoms with Crippen molar-refractivity contribution >= 4 is 11.6 Å². The van der Waals surface area contributed by atoms with Gasteiger partial charge in [-0.3, -0.25) is 4.79 Å². The van der Waals surface area contributed by atoms with Crippen LogP contribution in [0.25, 0.3) is 0 Å². The van der Waals surface area contributed by atoms with Gasteiger partial charge in [0.05, 0.1) is 20.8 Å². The third-order valence-electron chi connectivity index (χ3n) is 4.97. The van der Waals surface area contributed by atoms with Crippen molar-refractivity contribution in [1.82, 2.24) is 20.2 Å². The van der Waals surface area contributed by atoms with Crippen LogP contribution in [0.3, 0.4) is 0 Å². The third-order valence-corrected chi connectivity index (χ3v) is 4.97. The van der Waals surface area contributed by atoms with Gasteiger partial charge in [0, 0.05) is 30.3 Å². The Morgan fingerprint density at radius 2 is 1.85 bits per heavy atom. The molecule has 0 saturated heterocycles. The maximum atomic E-state index is 12.8. The van der Waals surface area contributed by atoms with Gasteiger partial charge in [0.1, 0.15) is 17.8 Å². The number of hydrogen-bond donors (Lipinski definition) is 1. The number of hydrogen-bond acceptors (Lipinski definition) is 6. The monoisotopic (exact) mass is 359 g/mol. The average Bonchev–Trinajstić information content (AvgIpc) is 3.14. The summed E-state index contributed by atoms with van der Waals surface area (Å²) in [6.45, 7) is 0.662. The van der Waals surface area contributed by atoms with E-state index in [1.165, 1.54) is 6.42 Å². The van der Waals surface area contributed by atoms with Crippen LogP contribution in [0.2, 0.25) is 0 Å². The van der Waals surface area contributed by atoms with Crippen molar-refractivity contribution in [2.75, 3.05) is 19.5 Å². The van der Waals surface area contributed by atoms with Crippen molar-refractivity contribution in [2.24, 2.45) is 5.41 Å². The van der Waals surface area contributed by atoms with Crippen LogP contribution in [-0.2, 0) is 11.3 Å². The Labute approximate surface area is 152 Å². The quantitative estimate of drug-likeness (QED) is 0.817. The molecule has 1 aliphatic carbocycles. The molecule has 2 aromatic rings. The number of rotatable bonds is 7. The Morgan fingerprint density at radius 1 is 1.15 bits per heavy atom. The highest BCUT2D eigenvalue weighted by Gasteiger charge is 2.35. The van der Waals surface area contributed by atoms with Crippen molar-refractivity contribution in [1.29, 1.82) is 0 Å². The van der Waals surface area contributed by atoms with E-state index in [-0.39, 0.29) is 11.3 Å². The lowest BCUT2D eigenvalue weighted by Gasteiger charge is -2.36. The summed E-state index contributed by atoms with van der Waals surface area (Å²) in [7, 11) is 3.17. The first-order valence-corrected chi connectivity index (χ1v) is 8.86. The van der Waals surface area contributed by atoms with Gasteiger partial charge in [-0.15, -0.1) is 5.10 Å². The molecule has 0 spiro atoms. The maximum Gasteiger partial charge on any atom is 0.225 e. The van der Waals surface area contributed by atoms with Crippen LogP contribution in [0.4, 0.5) is 5.69 Å². The summed E-state index contributed by atoms with van der Waals surface area (Å²) in [4.78, 5) is 12.8. The Bertz CT molecular complexity index is 704. The molecule has 0 aliphatic heterocycles. The number of benzene rings is 1. The Kier molecular flexibility index (Phi) is 5.70. The van der Waals surface area contributed by atoms with E-state index < -0.39 is 0 Å². The molecule has 1 N–H and O–H groups in total. The molecular formula is C18H25N5O3. The van der Waals surface area contributed by atoms with Crippen LogP contribution in [-0.4, -0.2) is 40.3 Å². The highest BCUT2D eigenvalue weighted by Crippen LogP contribution is 2.41. The van der Waals surface area contributed by atoms with Crippen molar-refractivity contribution in [3.8, 4) is 11.5 Å². The molecule has 3 rings (SSSR count). The standard InChI is InChI=1S/C18H25N5O3/c1-25-15-8-14(9-16(10-15)26-2)20-17(24)11-18(6-4-3-5-7-18)12-23-13-19-21-22-23/h8-10,13H,3-7,11-12H2,1-2H3,(H,20,24). The summed E-state index contributed by atoms with van der Waals surface area (Å²) in [6.07, 6.45) is 7.52. The summed E-state index contributed by atoms with van der Waals surface area (Å²) < 4.78 is 12.3. The molecule has 1 aromatic carbocycles. The van der Waals surface area contributed by atoms with Crippen molar-refractivity contribution in [3.63, 3.8) is 0 Å². The lowest BCUT2D eigenvalue weighted by Crippen LogP contribution is -2.34. The molecule has 1 aliphatic rings. The molecule has 1 fully saturated rings. The SMILES string of the molecule is COc1cc(NC(=O)CC2(Cn3cnnn3)CCCCC2)cc(OC)c1. The molecular weight excluding hydrogens is 334 g/mol. The molecule has 8 nitrogen and oxygen atoms in total. The van der Waals surface area contributed by atoms with Gasteiger partial charge in [-0.05, 0) is 28.7 Å².